The van der Waals surface area contributed by atoms with Gasteiger partial charge in [-0.1, -0.05) is 54.6 Å². The molecule has 0 spiro atoms. The average Bonchev–Trinajstić information content (AvgIpc) is 2.80. The van der Waals surface area contributed by atoms with E-state index in [9.17, 15) is 22.8 Å². The van der Waals surface area contributed by atoms with Crippen LogP contribution in [-0.4, -0.2) is 48.2 Å². The van der Waals surface area contributed by atoms with Crippen molar-refractivity contribution >= 4 is 23.5 Å². The van der Waals surface area contributed by atoms with Crippen LogP contribution < -0.4 is 16.0 Å². The van der Waals surface area contributed by atoms with E-state index in [1.807, 2.05) is 60.7 Å². The van der Waals surface area contributed by atoms with Crippen LogP contribution >= 0.6 is 0 Å². The molecule has 0 aliphatic carbocycles. The molecule has 4 N–H and O–H groups in total. The van der Waals surface area contributed by atoms with Gasteiger partial charge in [0.15, 0.2) is 0 Å². The molecular formula is C24H28F3N3O4. The Bertz CT molecular complexity index is 949. The van der Waals surface area contributed by atoms with Crippen molar-refractivity contribution in [3.05, 3.63) is 78.4 Å². The molecule has 0 heterocycles. The third-order valence-electron chi connectivity index (χ3n) is 4.52. The fourth-order valence-electron chi connectivity index (χ4n) is 2.59. The minimum atomic E-state index is -5.08. The van der Waals surface area contributed by atoms with Gasteiger partial charge in [0.2, 0.25) is 11.8 Å². The second-order valence-corrected chi connectivity index (χ2v) is 7.32. The molecule has 2 atom stereocenters. The molecule has 2 amide bonds. The van der Waals surface area contributed by atoms with Gasteiger partial charge in [0, 0.05) is 24.9 Å². The number of hydrogen-bond donors (Lipinski definition) is 3. The van der Waals surface area contributed by atoms with E-state index in [2.05, 4.69) is 5.32 Å². The summed E-state index contributed by atoms with van der Waals surface area (Å²) in [4.78, 5) is 34.9. The Morgan fingerprint density at radius 3 is 2.03 bits per heavy atom. The smallest absolute Gasteiger partial charge is 0.475 e. The van der Waals surface area contributed by atoms with Crippen molar-refractivity contribution in [1.82, 2.24) is 5.32 Å². The van der Waals surface area contributed by atoms with Gasteiger partial charge >= 0.3 is 12.1 Å². The number of carboxylic acid groups (broad SMARTS) is 1. The van der Waals surface area contributed by atoms with E-state index in [1.165, 1.54) is 11.6 Å². The molecule has 0 aromatic heterocycles. The maximum atomic E-state index is 12.4. The number of aliphatic carboxylic acids is 1. The number of nitrogens with one attached hydrogen (secondary N) is 1. The Balaban J connectivity index is 0.000000718. The fraction of sp³-hybridized carbons (Fsp3) is 0.292. The molecule has 0 aliphatic heterocycles. The average molecular weight is 479 g/mol. The zero-order chi connectivity index (χ0) is 25.7. The van der Waals surface area contributed by atoms with Crippen molar-refractivity contribution in [3.8, 4) is 0 Å². The van der Waals surface area contributed by atoms with Crippen LogP contribution in [0.1, 0.15) is 18.9 Å². The predicted octanol–water partition coefficient (Wildman–Crippen LogP) is 3.30. The number of carbonyl (C=O) groups is 3. The van der Waals surface area contributed by atoms with Gasteiger partial charge in [0.25, 0.3) is 0 Å². The fourth-order valence-corrected chi connectivity index (χ4v) is 2.59. The number of nitrogens with two attached hydrogens (primary N) is 1. The molecular weight excluding hydrogens is 451 g/mol. The minimum Gasteiger partial charge on any atom is -0.475 e. The number of anilines is 1. The lowest BCUT2D eigenvalue weighted by Gasteiger charge is -2.18. The Morgan fingerprint density at radius 1 is 1.06 bits per heavy atom. The van der Waals surface area contributed by atoms with Crippen LogP contribution in [0.25, 0.3) is 0 Å². The molecule has 7 nitrogen and oxygen atoms in total. The summed E-state index contributed by atoms with van der Waals surface area (Å²) in [5.41, 5.74) is 7.65. The highest BCUT2D eigenvalue weighted by atomic mass is 19.4. The van der Waals surface area contributed by atoms with E-state index in [-0.39, 0.29) is 17.9 Å². The van der Waals surface area contributed by atoms with Crippen molar-refractivity contribution in [2.75, 3.05) is 11.9 Å². The summed E-state index contributed by atoms with van der Waals surface area (Å²) in [6.07, 6.45) is -0.367. The monoisotopic (exact) mass is 479 g/mol. The lowest BCUT2D eigenvalue weighted by Crippen LogP contribution is -2.43. The number of benzene rings is 2. The molecule has 2 rings (SSSR count). The van der Waals surface area contributed by atoms with Crippen molar-refractivity contribution in [2.24, 2.45) is 5.73 Å². The number of para-hydroxylation sites is 1. The Kier molecular flexibility index (Phi) is 11.5. The summed E-state index contributed by atoms with van der Waals surface area (Å²) in [5.74, 6) is -3.14. The van der Waals surface area contributed by atoms with Crippen LogP contribution in [0.15, 0.2) is 72.8 Å². The summed E-state index contributed by atoms with van der Waals surface area (Å²) in [5, 5.41) is 10.0. The zero-order valence-electron chi connectivity index (χ0n) is 18.8. The van der Waals surface area contributed by atoms with E-state index in [4.69, 9.17) is 15.6 Å². The van der Waals surface area contributed by atoms with E-state index >= 15 is 0 Å². The number of rotatable bonds is 8. The second kappa shape index (κ2) is 13.8. The molecule has 0 saturated heterocycles. The summed E-state index contributed by atoms with van der Waals surface area (Å²) in [6, 6.07) is 18.6. The van der Waals surface area contributed by atoms with Crippen LogP contribution in [0.3, 0.4) is 0 Å². The molecule has 0 fully saturated rings. The number of likely N-dealkylation sites (N-methyl/N-ethyl adjacent to an activating group) is 1. The third kappa shape index (κ3) is 10.8. The highest BCUT2D eigenvalue weighted by Gasteiger charge is 2.38. The normalized spacial score (nSPS) is 12.8. The Morgan fingerprint density at radius 2 is 1.56 bits per heavy atom. The van der Waals surface area contributed by atoms with Gasteiger partial charge in [0.1, 0.15) is 0 Å². The summed E-state index contributed by atoms with van der Waals surface area (Å²) in [7, 11) is 1.72. The van der Waals surface area contributed by atoms with Gasteiger partial charge in [-0.05, 0) is 37.5 Å². The van der Waals surface area contributed by atoms with E-state index in [1.54, 1.807) is 24.9 Å². The number of halogens is 3. The molecule has 2 aromatic rings. The molecule has 10 heteroatoms. The molecule has 34 heavy (non-hydrogen) atoms. The largest absolute Gasteiger partial charge is 0.490 e. The third-order valence-corrected chi connectivity index (χ3v) is 4.52. The number of nitrogens with zero attached hydrogens (tertiary/aromatic N) is 1. The van der Waals surface area contributed by atoms with E-state index in [0.29, 0.717) is 6.42 Å². The van der Waals surface area contributed by atoms with Gasteiger partial charge < -0.3 is 21.1 Å². The van der Waals surface area contributed by atoms with Crippen LogP contribution in [-0.2, 0) is 20.8 Å². The van der Waals surface area contributed by atoms with Crippen molar-refractivity contribution in [3.63, 3.8) is 0 Å². The van der Waals surface area contributed by atoms with Gasteiger partial charge in [-0.25, -0.2) is 4.79 Å². The van der Waals surface area contributed by atoms with Gasteiger partial charge in [0.05, 0.1) is 6.04 Å². The van der Waals surface area contributed by atoms with Crippen LogP contribution in [0, 0.1) is 0 Å². The summed E-state index contributed by atoms with van der Waals surface area (Å²) < 4.78 is 31.7. The van der Waals surface area contributed by atoms with E-state index < -0.39 is 18.2 Å². The molecule has 0 radical (unpaired) electrons. The maximum Gasteiger partial charge on any atom is 0.490 e. The van der Waals surface area contributed by atoms with Crippen molar-refractivity contribution in [2.45, 2.75) is 38.0 Å². The minimum absolute atomic E-state index is 0.152. The highest BCUT2D eigenvalue weighted by Crippen LogP contribution is 2.13. The number of carbonyl (C=O) groups excluding carboxylic acids is 2. The van der Waals surface area contributed by atoms with Crippen LogP contribution in [0.4, 0.5) is 18.9 Å². The Hall–Kier alpha value is -3.66. The number of amides is 2. The molecule has 2 aromatic carbocycles. The quantitative estimate of drug-likeness (QED) is 0.503. The standard InChI is InChI=1S/C22H27N3O2.C2HF3O2/c1-17(23)22(27)24-19(14-13-18-9-5-3-6-10-18)15-16-21(26)25(2)20-11-7-4-8-12-20;3-2(4,5)1(6)7/h3-12,15-17,19H,13-14,23H2,1-2H3,(H,24,27);(H,6,7)/t17-,19-;/m0./s1. The molecule has 0 bridgehead atoms. The topological polar surface area (TPSA) is 113 Å². The number of aryl methyl sites for hydroxylation is 1. The van der Waals surface area contributed by atoms with Crippen LogP contribution in [0.2, 0.25) is 0 Å². The Labute approximate surface area is 196 Å². The molecule has 184 valence electrons. The second-order valence-electron chi connectivity index (χ2n) is 7.32. The molecule has 0 unspecified atom stereocenters. The van der Waals surface area contributed by atoms with Gasteiger partial charge in [-0.3, -0.25) is 9.59 Å². The first-order valence-corrected chi connectivity index (χ1v) is 10.3. The van der Waals surface area contributed by atoms with E-state index in [0.717, 1.165) is 12.1 Å². The number of alkyl halides is 3. The lowest BCUT2D eigenvalue weighted by atomic mass is 10.0. The lowest BCUT2D eigenvalue weighted by molar-refractivity contribution is -0.192. The zero-order valence-corrected chi connectivity index (χ0v) is 18.8. The van der Waals surface area contributed by atoms with Crippen molar-refractivity contribution < 1.29 is 32.7 Å². The number of carboxylic acids is 1. The first-order valence-electron chi connectivity index (χ1n) is 10.3. The summed E-state index contributed by atoms with van der Waals surface area (Å²) in [6.45, 7) is 1.64. The molecule has 0 aliphatic rings. The van der Waals surface area contributed by atoms with Crippen LogP contribution in [0.5, 0.6) is 0 Å². The SMILES string of the molecule is C[C@H](N)C(=O)N[C@H](C=CC(=O)N(C)c1ccccc1)CCc1ccccc1.O=C(O)C(F)(F)F. The van der Waals surface area contributed by atoms with Gasteiger partial charge in [-0.2, -0.15) is 13.2 Å². The molecule has 0 saturated carbocycles. The maximum absolute atomic E-state index is 12.4. The van der Waals surface area contributed by atoms with Gasteiger partial charge in [-0.15, -0.1) is 0 Å². The predicted molar refractivity (Wildman–Crippen MR) is 123 cm³/mol. The number of hydrogen-bond acceptors (Lipinski definition) is 4. The van der Waals surface area contributed by atoms with Crippen molar-refractivity contribution in [1.29, 1.82) is 0 Å². The first kappa shape index (κ1) is 28.4. The first-order chi connectivity index (χ1) is 15.9. The highest BCUT2D eigenvalue weighted by molar-refractivity contribution is 6.01. The summed E-state index contributed by atoms with van der Waals surface area (Å²) >= 11 is 0.